The minimum Gasteiger partial charge on any atom is -0.462 e. The quantitative estimate of drug-likeness (QED) is 0.0171. The summed E-state index contributed by atoms with van der Waals surface area (Å²) in [4.78, 5) is 25.9. The number of aliphatic hydroxyl groups excluding tert-OH is 7. The van der Waals surface area contributed by atoms with Gasteiger partial charge < -0.3 is 64.2 Å². The lowest BCUT2D eigenvalue weighted by molar-refractivity contribution is -0.332. The average Bonchev–Trinajstić information content (AvgIpc) is 3.38. The average molecular weight is 1050 g/mol. The Kier molecular flexibility index (Phi) is 41.8. The molecule has 4 unspecified atom stereocenters. The number of aliphatic hydroxyl groups is 7. The highest BCUT2D eigenvalue weighted by atomic mass is 16.7. The Morgan fingerprint density at radius 3 is 1.21 bits per heavy atom. The van der Waals surface area contributed by atoms with Gasteiger partial charge in [-0.15, -0.1) is 0 Å². The van der Waals surface area contributed by atoms with E-state index in [0.717, 1.165) is 51.4 Å². The maximum atomic E-state index is 13.1. The molecule has 0 aromatic rings. The second-order valence-electron chi connectivity index (χ2n) is 21.2. The zero-order valence-corrected chi connectivity index (χ0v) is 45.9. The molecule has 7 N–H and O–H groups in total. The lowest BCUT2D eigenvalue weighted by Crippen LogP contribution is -2.61. The summed E-state index contributed by atoms with van der Waals surface area (Å²) in [5, 5.41) is 72.3. The maximum absolute atomic E-state index is 13.1. The molecule has 0 saturated carbocycles. The second-order valence-corrected chi connectivity index (χ2v) is 21.2. The van der Waals surface area contributed by atoms with Crippen LogP contribution in [0, 0.1) is 0 Å². The van der Waals surface area contributed by atoms with Gasteiger partial charge in [0.15, 0.2) is 18.7 Å². The zero-order valence-electron chi connectivity index (χ0n) is 45.9. The van der Waals surface area contributed by atoms with Crippen LogP contribution in [0.15, 0.2) is 12.2 Å². The summed E-state index contributed by atoms with van der Waals surface area (Å²) in [5.74, 6) is -0.914. The van der Waals surface area contributed by atoms with E-state index in [4.69, 9.17) is 28.4 Å². The number of hydrogen-bond donors (Lipinski definition) is 7. The van der Waals surface area contributed by atoms with Crippen molar-refractivity contribution in [3.63, 3.8) is 0 Å². The van der Waals surface area contributed by atoms with E-state index in [0.29, 0.717) is 12.8 Å². The van der Waals surface area contributed by atoms with Gasteiger partial charge in [0.25, 0.3) is 0 Å². The summed E-state index contributed by atoms with van der Waals surface area (Å²) in [6.45, 7) is 2.64. The van der Waals surface area contributed by atoms with Crippen LogP contribution in [-0.4, -0.2) is 142 Å². The molecule has 2 heterocycles. The van der Waals surface area contributed by atoms with Crippen LogP contribution in [0.25, 0.3) is 0 Å². The van der Waals surface area contributed by atoms with Crippen molar-refractivity contribution in [1.29, 1.82) is 0 Å². The highest BCUT2D eigenvalue weighted by Crippen LogP contribution is 2.27. The normalized spacial score (nSPS) is 24.8. The fraction of sp³-hybridized carbons (Fsp3) is 0.931. The third-order valence-electron chi connectivity index (χ3n) is 14.5. The molecule has 0 bridgehead atoms. The van der Waals surface area contributed by atoms with E-state index in [1.165, 1.54) is 161 Å². The van der Waals surface area contributed by atoms with Crippen molar-refractivity contribution in [3.05, 3.63) is 12.2 Å². The Balaban J connectivity index is 1.74. The Morgan fingerprint density at radius 2 is 0.781 bits per heavy atom. The first-order valence-electron chi connectivity index (χ1n) is 29.8. The number of hydrogen-bond acceptors (Lipinski definition) is 15. The molecule has 430 valence electrons. The number of esters is 2. The predicted molar refractivity (Wildman–Crippen MR) is 285 cm³/mol. The summed E-state index contributed by atoms with van der Waals surface area (Å²) >= 11 is 0. The number of carbonyl (C=O) groups excluding carboxylic acids is 2. The number of allylic oxidation sites excluding steroid dienone is 2. The van der Waals surface area contributed by atoms with E-state index in [9.17, 15) is 45.3 Å². The van der Waals surface area contributed by atoms with Crippen LogP contribution in [0.4, 0.5) is 0 Å². The van der Waals surface area contributed by atoms with Crippen LogP contribution >= 0.6 is 0 Å². The van der Waals surface area contributed by atoms with Gasteiger partial charge in [-0.1, -0.05) is 212 Å². The molecule has 15 nitrogen and oxygen atoms in total. The van der Waals surface area contributed by atoms with Crippen molar-refractivity contribution >= 4 is 11.9 Å². The van der Waals surface area contributed by atoms with E-state index < -0.39 is 92.7 Å². The smallest absolute Gasteiger partial charge is 0.306 e. The Morgan fingerprint density at radius 1 is 0.425 bits per heavy atom. The minimum atomic E-state index is -1.76. The number of ether oxygens (including phenoxy) is 6. The number of unbranched alkanes of at least 4 members (excludes halogenated alkanes) is 32. The van der Waals surface area contributed by atoms with Crippen molar-refractivity contribution in [2.75, 3.05) is 26.4 Å². The van der Waals surface area contributed by atoms with E-state index in [2.05, 4.69) is 26.0 Å². The van der Waals surface area contributed by atoms with Crippen LogP contribution in [0.5, 0.6) is 0 Å². The van der Waals surface area contributed by atoms with Crippen LogP contribution < -0.4 is 0 Å². The second kappa shape index (κ2) is 45.3. The maximum Gasteiger partial charge on any atom is 0.306 e. The molecule has 0 aromatic carbocycles. The van der Waals surface area contributed by atoms with Gasteiger partial charge >= 0.3 is 11.9 Å². The number of carbonyl (C=O) groups is 2. The van der Waals surface area contributed by atoms with Gasteiger partial charge in [0.1, 0.15) is 55.4 Å². The first-order chi connectivity index (χ1) is 35.5. The molecular formula is C58H108O15. The topological polar surface area (TPSA) is 231 Å². The molecule has 0 spiro atoms. The largest absolute Gasteiger partial charge is 0.462 e. The van der Waals surface area contributed by atoms with Gasteiger partial charge in [-0.25, -0.2) is 0 Å². The van der Waals surface area contributed by atoms with Crippen molar-refractivity contribution in [2.24, 2.45) is 0 Å². The molecule has 0 radical (unpaired) electrons. The highest BCUT2D eigenvalue weighted by molar-refractivity contribution is 5.70. The fourth-order valence-electron chi connectivity index (χ4n) is 9.63. The Bertz CT molecular complexity index is 1320. The molecule has 2 aliphatic heterocycles. The Hall–Kier alpha value is -1.76. The van der Waals surface area contributed by atoms with E-state index in [-0.39, 0.29) is 26.1 Å². The first kappa shape index (κ1) is 67.3. The van der Waals surface area contributed by atoms with Crippen molar-refractivity contribution in [2.45, 2.75) is 319 Å². The van der Waals surface area contributed by atoms with Crippen molar-refractivity contribution in [3.8, 4) is 0 Å². The molecule has 73 heavy (non-hydrogen) atoms. The molecule has 2 rings (SSSR count). The first-order valence-corrected chi connectivity index (χ1v) is 29.8. The van der Waals surface area contributed by atoms with Crippen LogP contribution in [0.3, 0.4) is 0 Å². The molecule has 2 saturated heterocycles. The molecule has 0 aromatic heterocycles. The van der Waals surface area contributed by atoms with Gasteiger partial charge in [0.05, 0.1) is 19.8 Å². The van der Waals surface area contributed by atoms with Gasteiger partial charge in [-0.3, -0.25) is 9.59 Å². The lowest BCUT2D eigenvalue weighted by atomic mass is 9.98. The SMILES string of the molecule is CCCCCCCC/C=C/CCCCCCCCCC(=O)O[C@@H](COC(=O)CCCCCCCCCCCCCCCCCCCCCC)CO[C@@H]1O[C@H](CO[C@@H]2O[C@H](CO)[C@H](O)C(O)C2O)[C@H](O)C(O)C1O. The standard InChI is InChI=1S/C58H108O15/c1-3-5-7-9-11-13-15-17-19-21-22-23-25-26-28-30-32-34-36-38-40-49(60)68-43-46(71-50(61)41-39-37-35-33-31-29-27-24-20-18-16-14-12-10-8-6-4-2)44-69-57-56(67)54(65)52(63)48(73-57)45-70-58-55(66)53(64)51(62)47(42-59)72-58/h18,20,46-48,51-59,62-67H,3-17,19,21-45H2,1-2H3/b20-18+/t46-,47+,48+,51-,52-,53?,54?,55?,56?,57+,58+/m0/s1. The minimum absolute atomic E-state index is 0.165. The van der Waals surface area contributed by atoms with Crippen molar-refractivity contribution in [1.82, 2.24) is 0 Å². The van der Waals surface area contributed by atoms with Crippen LogP contribution in [-0.2, 0) is 38.0 Å². The zero-order chi connectivity index (χ0) is 53.2. The summed E-state index contributed by atoms with van der Waals surface area (Å²) in [5.41, 5.74) is 0. The highest BCUT2D eigenvalue weighted by Gasteiger charge is 2.47. The summed E-state index contributed by atoms with van der Waals surface area (Å²) < 4.78 is 33.7. The molecule has 2 aliphatic rings. The third kappa shape index (κ3) is 32.6. The molecule has 15 heteroatoms. The van der Waals surface area contributed by atoms with E-state index in [1.54, 1.807) is 0 Å². The van der Waals surface area contributed by atoms with E-state index >= 15 is 0 Å². The van der Waals surface area contributed by atoms with Crippen LogP contribution in [0.1, 0.15) is 251 Å². The van der Waals surface area contributed by atoms with Gasteiger partial charge in [0.2, 0.25) is 0 Å². The molecule has 0 aliphatic carbocycles. The third-order valence-corrected chi connectivity index (χ3v) is 14.5. The van der Waals surface area contributed by atoms with Gasteiger partial charge in [0, 0.05) is 12.8 Å². The molecule has 0 amide bonds. The summed E-state index contributed by atoms with van der Waals surface area (Å²) in [6, 6.07) is 0. The van der Waals surface area contributed by atoms with E-state index in [1.807, 2.05) is 0 Å². The lowest BCUT2D eigenvalue weighted by Gasteiger charge is -2.42. The molecular weight excluding hydrogens is 937 g/mol. The molecule has 11 atom stereocenters. The molecule has 2 fully saturated rings. The van der Waals surface area contributed by atoms with Gasteiger partial charge in [-0.2, -0.15) is 0 Å². The number of rotatable bonds is 48. The summed E-state index contributed by atoms with van der Waals surface area (Å²) in [7, 11) is 0. The monoisotopic (exact) mass is 1040 g/mol. The fourth-order valence-corrected chi connectivity index (χ4v) is 9.63. The summed E-state index contributed by atoms with van der Waals surface area (Å²) in [6.07, 6.45) is 30.9. The van der Waals surface area contributed by atoms with Gasteiger partial charge in [-0.05, 0) is 38.5 Å². The van der Waals surface area contributed by atoms with Crippen molar-refractivity contribution < 1.29 is 73.8 Å². The Labute approximate surface area is 441 Å². The predicted octanol–water partition coefficient (Wildman–Crippen LogP) is 10.1. The van der Waals surface area contributed by atoms with Crippen LogP contribution in [0.2, 0.25) is 0 Å².